The van der Waals surface area contributed by atoms with Crippen molar-refractivity contribution in [1.82, 2.24) is 4.47 Å². The Morgan fingerprint density at radius 2 is 2.73 bits per heavy atom. The fourth-order valence-electron chi connectivity index (χ4n) is 0.458. The normalized spacial score (nSPS) is 18.5. The molecule has 1 amide bonds. The van der Waals surface area contributed by atoms with Crippen LogP contribution in [0.3, 0.4) is 0 Å². The molecule has 0 atom stereocenters. The van der Waals surface area contributed by atoms with Crippen LogP contribution >= 0.6 is 23.5 Å². The van der Waals surface area contributed by atoms with Crippen LogP contribution in [0, 0.1) is 0 Å². The van der Waals surface area contributed by atoms with E-state index in [0.717, 1.165) is 11.9 Å². The van der Waals surface area contributed by atoms with Gasteiger partial charge in [0.1, 0.15) is 13.3 Å². The maximum absolute atomic E-state index is 10.2. The second kappa shape index (κ2) is 3.91. The molecule has 0 radical (unpaired) electrons. The third-order valence-electron chi connectivity index (χ3n) is 0.838. The van der Waals surface area contributed by atoms with Gasteiger partial charge in [-0.2, -0.15) is 0 Å². The monoisotopic (exact) mass is 195 g/mol. The summed E-state index contributed by atoms with van der Waals surface area (Å²) in [5, 5.41) is 0. The number of hydrogen-bond acceptors (Lipinski definition) is 5. The zero-order valence-corrected chi connectivity index (χ0v) is 7.06. The molecule has 0 aromatic carbocycles. The van der Waals surface area contributed by atoms with Gasteiger partial charge in [0.25, 0.3) is 0 Å². The van der Waals surface area contributed by atoms with Gasteiger partial charge in [0.15, 0.2) is 4.50 Å². The number of primary amides is 1. The van der Waals surface area contributed by atoms with Gasteiger partial charge in [-0.15, -0.1) is 4.47 Å². The summed E-state index contributed by atoms with van der Waals surface area (Å²) >= 11 is 6.62. The maximum atomic E-state index is 10.2. The minimum Gasteiger partial charge on any atom is -0.368 e. The minimum atomic E-state index is -0.520. The van der Waals surface area contributed by atoms with Crippen molar-refractivity contribution in [2.75, 3.05) is 13.3 Å². The van der Waals surface area contributed by atoms with Crippen molar-refractivity contribution in [2.24, 2.45) is 10.7 Å². The maximum Gasteiger partial charge on any atom is 0.245 e. The average Bonchev–Trinajstić information content (AvgIpc) is 2.31. The molecule has 0 aromatic rings. The zero-order valence-electron chi connectivity index (χ0n) is 5.49. The third-order valence-corrected chi connectivity index (χ3v) is 1.87. The zero-order chi connectivity index (χ0) is 8.27. The van der Waals surface area contributed by atoms with E-state index in [9.17, 15) is 4.79 Å². The summed E-state index contributed by atoms with van der Waals surface area (Å²) in [4.78, 5) is 18.9. The van der Waals surface area contributed by atoms with Gasteiger partial charge in [-0.25, -0.2) is 4.99 Å². The van der Waals surface area contributed by atoms with Crippen molar-refractivity contribution in [1.29, 1.82) is 0 Å². The van der Waals surface area contributed by atoms with Crippen molar-refractivity contribution in [2.45, 2.75) is 0 Å². The van der Waals surface area contributed by atoms with Crippen LogP contribution in [0.2, 0.25) is 0 Å². The molecule has 1 aliphatic rings. The Labute approximate surface area is 72.6 Å². The van der Waals surface area contributed by atoms with Gasteiger partial charge in [-0.1, -0.05) is 11.6 Å². The van der Waals surface area contributed by atoms with Gasteiger partial charge in [0.05, 0.1) is 0 Å². The van der Waals surface area contributed by atoms with Gasteiger partial charge >= 0.3 is 0 Å². The molecule has 0 spiro atoms. The number of amides is 1. The predicted molar refractivity (Wildman–Crippen MR) is 42.7 cm³/mol. The van der Waals surface area contributed by atoms with E-state index in [-0.39, 0.29) is 6.61 Å². The first kappa shape index (κ1) is 8.79. The first-order chi connectivity index (χ1) is 5.18. The molecule has 7 heteroatoms. The molecule has 0 aromatic heterocycles. The smallest absolute Gasteiger partial charge is 0.245 e. The molecular formula is C4H6ClN3O2S. The van der Waals surface area contributed by atoms with Crippen LogP contribution in [0.4, 0.5) is 0 Å². The Hall–Kier alpha value is -0.300. The number of halogens is 1. The Balaban J connectivity index is 2.16. The van der Waals surface area contributed by atoms with Crippen LogP contribution in [0.15, 0.2) is 4.99 Å². The number of carbonyl (C=O) groups excluding carboxylic acids is 1. The first-order valence-corrected chi connectivity index (χ1v) is 3.90. The van der Waals surface area contributed by atoms with E-state index in [4.69, 9.17) is 22.2 Å². The number of rotatable bonds is 3. The molecule has 62 valence electrons. The second-order valence-electron chi connectivity index (χ2n) is 1.72. The number of aliphatic imine (C=N–C) groups is 1. The number of nitrogens with two attached hydrogens (primary N) is 1. The van der Waals surface area contributed by atoms with E-state index < -0.39 is 5.91 Å². The van der Waals surface area contributed by atoms with Crippen LogP contribution in [-0.2, 0) is 9.63 Å². The molecule has 0 bridgehead atoms. The van der Waals surface area contributed by atoms with E-state index in [0.29, 0.717) is 11.2 Å². The Morgan fingerprint density at radius 1 is 2.00 bits per heavy atom. The average molecular weight is 196 g/mol. The van der Waals surface area contributed by atoms with E-state index in [2.05, 4.69) is 4.99 Å². The molecule has 0 saturated heterocycles. The van der Waals surface area contributed by atoms with Crippen molar-refractivity contribution in [3.8, 4) is 0 Å². The fraction of sp³-hybridized carbons (Fsp3) is 0.500. The molecule has 5 nitrogen and oxygen atoms in total. The van der Waals surface area contributed by atoms with Crippen LogP contribution in [0.25, 0.3) is 0 Å². The fourth-order valence-corrected chi connectivity index (χ4v) is 1.25. The number of hydrogen-bond donors (Lipinski definition) is 1. The largest absolute Gasteiger partial charge is 0.368 e. The molecule has 1 rings (SSSR count). The van der Waals surface area contributed by atoms with Crippen molar-refractivity contribution >= 4 is 34.0 Å². The van der Waals surface area contributed by atoms with Crippen molar-refractivity contribution in [3.05, 3.63) is 0 Å². The molecule has 0 aliphatic carbocycles. The van der Waals surface area contributed by atoms with Crippen LogP contribution in [0.1, 0.15) is 0 Å². The van der Waals surface area contributed by atoms with Gasteiger partial charge in [-0.3, -0.25) is 9.63 Å². The Bertz CT molecular complexity index is 198. The highest BCUT2D eigenvalue weighted by atomic mass is 35.5. The summed E-state index contributed by atoms with van der Waals surface area (Å²) in [6.45, 7) is 0.184. The summed E-state index contributed by atoms with van der Waals surface area (Å²) in [5.74, 6) is -0.520. The van der Waals surface area contributed by atoms with Gasteiger partial charge < -0.3 is 5.73 Å². The van der Waals surface area contributed by atoms with Crippen LogP contribution < -0.4 is 5.73 Å². The lowest BCUT2D eigenvalue weighted by Gasteiger charge is -2.09. The SMILES string of the molecule is NC(=O)CON1CN=C(Cl)S1. The highest BCUT2D eigenvalue weighted by Crippen LogP contribution is 2.21. The molecule has 1 aliphatic heterocycles. The highest BCUT2D eigenvalue weighted by Gasteiger charge is 2.16. The van der Waals surface area contributed by atoms with Crippen LogP contribution in [-0.4, -0.2) is 28.2 Å². The quantitative estimate of drug-likeness (QED) is 0.640. The molecule has 11 heavy (non-hydrogen) atoms. The van der Waals surface area contributed by atoms with E-state index in [1.54, 1.807) is 0 Å². The summed E-state index contributed by atoms with van der Waals surface area (Å²) in [6.07, 6.45) is 0. The molecule has 0 fully saturated rings. The predicted octanol–water partition coefficient (Wildman–Crippen LogP) is -0.0806. The number of nitrogens with zero attached hydrogens (tertiary/aromatic N) is 2. The van der Waals surface area contributed by atoms with Crippen LogP contribution in [0.5, 0.6) is 0 Å². The highest BCUT2D eigenvalue weighted by molar-refractivity contribution is 8.15. The lowest BCUT2D eigenvalue weighted by Crippen LogP contribution is -2.24. The van der Waals surface area contributed by atoms with E-state index in [1.165, 1.54) is 4.47 Å². The van der Waals surface area contributed by atoms with Gasteiger partial charge in [0, 0.05) is 11.9 Å². The van der Waals surface area contributed by atoms with E-state index in [1.807, 2.05) is 0 Å². The summed E-state index contributed by atoms with van der Waals surface area (Å²) in [6, 6.07) is 0. The Kier molecular flexibility index (Phi) is 3.13. The summed E-state index contributed by atoms with van der Waals surface area (Å²) in [5.41, 5.74) is 4.83. The number of hydroxylamine groups is 1. The molecule has 0 saturated carbocycles. The van der Waals surface area contributed by atoms with Crippen molar-refractivity contribution < 1.29 is 9.63 Å². The van der Waals surface area contributed by atoms with Crippen molar-refractivity contribution in [3.63, 3.8) is 0 Å². The molecule has 2 N–H and O–H groups in total. The Morgan fingerprint density at radius 3 is 3.18 bits per heavy atom. The topological polar surface area (TPSA) is 67.9 Å². The minimum absolute atomic E-state index is 0.146. The standard InChI is InChI=1S/C4H6ClN3O2S/c5-4-7-2-8(11-4)10-1-3(6)9/h1-2H2,(H2,6,9). The summed E-state index contributed by atoms with van der Waals surface area (Å²) in [7, 11) is 0. The van der Waals surface area contributed by atoms with Gasteiger partial charge in [0.2, 0.25) is 5.91 Å². The van der Waals surface area contributed by atoms with E-state index >= 15 is 0 Å². The first-order valence-electron chi connectivity index (χ1n) is 2.75. The third kappa shape index (κ3) is 3.06. The van der Waals surface area contributed by atoms with Gasteiger partial charge in [-0.05, 0) is 0 Å². The lowest BCUT2D eigenvalue weighted by molar-refractivity contribution is -0.134. The second-order valence-corrected chi connectivity index (χ2v) is 3.27. The molecule has 1 heterocycles. The lowest BCUT2D eigenvalue weighted by atomic mass is 10.7. The molecule has 0 unspecified atom stereocenters. The number of carbonyl (C=O) groups is 1. The summed E-state index contributed by atoms with van der Waals surface area (Å²) < 4.78 is 1.78. The molecular weight excluding hydrogens is 190 g/mol.